The number of halogens is 1. The van der Waals surface area contributed by atoms with Gasteiger partial charge in [-0.2, -0.15) is 0 Å². The number of hydrogen-bond donors (Lipinski definition) is 4. The number of benzene rings is 2. The number of carbonyl (C=O) groups is 1. The summed E-state index contributed by atoms with van der Waals surface area (Å²) in [6, 6.07) is 16.2. The summed E-state index contributed by atoms with van der Waals surface area (Å²) in [6.45, 7) is 3.41. The van der Waals surface area contributed by atoms with Gasteiger partial charge in [0.05, 0.1) is 0 Å². The van der Waals surface area contributed by atoms with E-state index in [1.165, 1.54) is 10.9 Å². The summed E-state index contributed by atoms with van der Waals surface area (Å²) in [6.07, 6.45) is 4.35. The molecule has 0 aliphatic carbocycles. The molecule has 0 bridgehead atoms. The zero-order chi connectivity index (χ0) is 20.5. The number of aliphatic imine (C=N–C) groups is 1. The van der Waals surface area contributed by atoms with Crippen molar-refractivity contribution in [3.05, 3.63) is 65.9 Å². The summed E-state index contributed by atoms with van der Waals surface area (Å²) >= 11 is 0. The molecule has 0 saturated heterocycles. The van der Waals surface area contributed by atoms with Crippen LogP contribution in [0.2, 0.25) is 0 Å². The number of fused-ring (bicyclic) bond motifs is 1. The molecule has 0 radical (unpaired) electrons. The van der Waals surface area contributed by atoms with Crippen molar-refractivity contribution in [1.29, 1.82) is 0 Å². The summed E-state index contributed by atoms with van der Waals surface area (Å²) in [4.78, 5) is 19.4. The Morgan fingerprint density at radius 3 is 2.73 bits per heavy atom. The molecule has 0 spiro atoms. The maximum atomic E-state index is 11.8. The van der Waals surface area contributed by atoms with Gasteiger partial charge in [-0.25, -0.2) is 0 Å². The van der Waals surface area contributed by atoms with Gasteiger partial charge in [0.1, 0.15) is 0 Å². The molecule has 0 aliphatic rings. The zero-order valence-corrected chi connectivity index (χ0v) is 19.8. The molecule has 3 rings (SSSR count). The van der Waals surface area contributed by atoms with Crippen molar-refractivity contribution in [2.45, 2.75) is 32.7 Å². The third kappa shape index (κ3) is 6.76. The predicted octanol–water partition coefficient (Wildman–Crippen LogP) is 4.43. The van der Waals surface area contributed by atoms with Crippen molar-refractivity contribution < 1.29 is 4.79 Å². The molecular weight excluding hydrogens is 489 g/mol. The quantitative estimate of drug-likeness (QED) is 0.202. The first-order valence-corrected chi connectivity index (χ1v) is 10.1. The van der Waals surface area contributed by atoms with E-state index in [-0.39, 0.29) is 29.9 Å². The van der Waals surface area contributed by atoms with Crippen molar-refractivity contribution in [1.82, 2.24) is 15.6 Å². The number of anilines is 1. The van der Waals surface area contributed by atoms with Crippen molar-refractivity contribution in [2.24, 2.45) is 4.99 Å². The third-order valence-electron chi connectivity index (χ3n) is 4.73. The smallest absolute Gasteiger partial charge is 0.224 e. The molecule has 4 N–H and O–H groups in total. The Bertz CT molecular complexity index is 982. The highest BCUT2D eigenvalue weighted by Gasteiger charge is 2.05. The number of guanidine groups is 1. The fourth-order valence-corrected chi connectivity index (χ4v) is 3.27. The second-order valence-electron chi connectivity index (χ2n) is 6.96. The van der Waals surface area contributed by atoms with Crippen LogP contribution in [0.15, 0.2) is 59.7 Å². The molecule has 160 valence electrons. The van der Waals surface area contributed by atoms with Gasteiger partial charge in [-0.15, -0.1) is 24.0 Å². The van der Waals surface area contributed by atoms with Crippen LogP contribution in [-0.2, 0) is 17.8 Å². The van der Waals surface area contributed by atoms with Crippen LogP contribution in [0.5, 0.6) is 0 Å². The summed E-state index contributed by atoms with van der Waals surface area (Å²) in [5, 5.41) is 10.9. The van der Waals surface area contributed by atoms with Crippen molar-refractivity contribution in [3.63, 3.8) is 0 Å². The van der Waals surface area contributed by atoms with E-state index in [0.29, 0.717) is 13.0 Å². The lowest BCUT2D eigenvalue weighted by atomic mass is 10.1. The van der Waals surface area contributed by atoms with Gasteiger partial charge in [0, 0.05) is 49.3 Å². The minimum Gasteiger partial charge on any atom is -0.361 e. The third-order valence-corrected chi connectivity index (χ3v) is 4.73. The minimum absolute atomic E-state index is 0. The van der Waals surface area contributed by atoms with Gasteiger partial charge in [-0.1, -0.05) is 37.3 Å². The second-order valence-corrected chi connectivity index (χ2v) is 6.96. The lowest BCUT2D eigenvalue weighted by Crippen LogP contribution is -2.37. The van der Waals surface area contributed by atoms with E-state index in [2.05, 4.69) is 50.3 Å². The van der Waals surface area contributed by atoms with Crippen LogP contribution < -0.4 is 16.0 Å². The average Bonchev–Trinajstić information content (AvgIpc) is 3.14. The molecule has 30 heavy (non-hydrogen) atoms. The van der Waals surface area contributed by atoms with E-state index in [9.17, 15) is 4.79 Å². The number of nitrogens with one attached hydrogen (secondary N) is 4. The number of hydrogen-bond acceptors (Lipinski definition) is 2. The Hall–Kier alpha value is -2.55. The van der Waals surface area contributed by atoms with Crippen molar-refractivity contribution in [3.8, 4) is 0 Å². The second kappa shape index (κ2) is 12.2. The fraction of sp³-hybridized carbons (Fsp3) is 0.304. The van der Waals surface area contributed by atoms with E-state index >= 15 is 0 Å². The molecule has 1 aromatic heterocycles. The lowest BCUT2D eigenvalue weighted by Gasteiger charge is -2.13. The van der Waals surface area contributed by atoms with E-state index in [0.717, 1.165) is 42.1 Å². The summed E-state index contributed by atoms with van der Waals surface area (Å²) in [5.74, 6) is 0.803. The number of carbonyl (C=O) groups excluding carboxylic acids is 1. The monoisotopic (exact) mass is 519 g/mol. The molecule has 7 heteroatoms. The van der Waals surface area contributed by atoms with Gasteiger partial charge in [-0.3, -0.25) is 9.79 Å². The van der Waals surface area contributed by atoms with Gasteiger partial charge >= 0.3 is 0 Å². The number of para-hydroxylation sites is 1. The lowest BCUT2D eigenvalue weighted by molar-refractivity contribution is -0.116. The molecule has 0 saturated carbocycles. The van der Waals surface area contributed by atoms with Crippen LogP contribution >= 0.6 is 24.0 Å². The van der Waals surface area contributed by atoms with Gasteiger partial charge in [0.15, 0.2) is 5.96 Å². The maximum Gasteiger partial charge on any atom is 0.224 e. The van der Waals surface area contributed by atoms with Crippen LogP contribution in [0.25, 0.3) is 10.9 Å². The SMILES string of the molecule is CCCC(=O)Nc1cccc(CNC(=NC)NCCc2c[nH]c3ccccc23)c1.I. The highest BCUT2D eigenvalue weighted by atomic mass is 127. The number of aromatic amines is 1. The molecule has 2 aromatic carbocycles. The molecule has 0 fully saturated rings. The number of rotatable bonds is 8. The number of nitrogens with zero attached hydrogens (tertiary/aromatic N) is 1. The molecular formula is C23H30IN5O. The number of amides is 1. The van der Waals surface area contributed by atoms with Crippen molar-refractivity contribution in [2.75, 3.05) is 18.9 Å². The Morgan fingerprint density at radius 1 is 1.10 bits per heavy atom. The van der Waals surface area contributed by atoms with E-state index in [1.54, 1.807) is 7.05 Å². The molecule has 0 aliphatic heterocycles. The summed E-state index contributed by atoms with van der Waals surface area (Å²) in [5.41, 5.74) is 4.36. The zero-order valence-electron chi connectivity index (χ0n) is 17.5. The fourth-order valence-electron chi connectivity index (χ4n) is 3.27. The Kier molecular flexibility index (Phi) is 9.66. The molecule has 3 aromatic rings. The molecule has 1 amide bonds. The summed E-state index contributed by atoms with van der Waals surface area (Å²) < 4.78 is 0. The van der Waals surface area contributed by atoms with Gasteiger partial charge < -0.3 is 20.9 Å². The standard InChI is InChI=1S/C23H29N5O.HI/c1-3-7-22(29)28-19-9-6-8-17(14-19)15-27-23(24-2)25-13-12-18-16-26-21-11-5-4-10-20(18)21;/h4-6,8-11,14,16,26H,3,7,12-13,15H2,1-2H3,(H,28,29)(H2,24,25,27);1H. The van der Waals surface area contributed by atoms with Crippen molar-refractivity contribution >= 4 is 52.4 Å². The van der Waals surface area contributed by atoms with Crippen LogP contribution in [-0.4, -0.2) is 30.4 Å². The topological polar surface area (TPSA) is 81.3 Å². The van der Waals surface area contributed by atoms with Gasteiger partial charge in [-0.05, 0) is 42.2 Å². The molecule has 6 nitrogen and oxygen atoms in total. The highest BCUT2D eigenvalue weighted by Crippen LogP contribution is 2.17. The van der Waals surface area contributed by atoms with Gasteiger partial charge in [0.2, 0.25) is 5.91 Å². The summed E-state index contributed by atoms with van der Waals surface area (Å²) in [7, 11) is 1.77. The van der Waals surface area contributed by atoms with E-state index < -0.39 is 0 Å². The van der Waals surface area contributed by atoms with E-state index in [4.69, 9.17) is 0 Å². The largest absolute Gasteiger partial charge is 0.361 e. The molecule has 0 atom stereocenters. The molecule has 0 unspecified atom stereocenters. The van der Waals surface area contributed by atoms with Crippen LogP contribution in [0.4, 0.5) is 5.69 Å². The maximum absolute atomic E-state index is 11.8. The predicted molar refractivity (Wildman–Crippen MR) is 136 cm³/mol. The minimum atomic E-state index is 0. The highest BCUT2D eigenvalue weighted by molar-refractivity contribution is 14.0. The Morgan fingerprint density at radius 2 is 1.93 bits per heavy atom. The Labute approximate surface area is 195 Å². The number of aromatic nitrogens is 1. The van der Waals surface area contributed by atoms with Crippen LogP contribution in [0, 0.1) is 0 Å². The number of H-pyrrole nitrogens is 1. The average molecular weight is 519 g/mol. The van der Waals surface area contributed by atoms with Gasteiger partial charge in [0.25, 0.3) is 0 Å². The molecule has 1 heterocycles. The van der Waals surface area contributed by atoms with E-state index in [1.807, 2.05) is 37.3 Å². The Balaban J connectivity index is 0.00000320. The van der Waals surface area contributed by atoms with Crippen LogP contribution in [0.3, 0.4) is 0 Å². The van der Waals surface area contributed by atoms with Crippen LogP contribution in [0.1, 0.15) is 30.9 Å². The first-order valence-electron chi connectivity index (χ1n) is 10.1. The first-order chi connectivity index (χ1) is 14.2. The first kappa shape index (κ1) is 23.7. The normalized spacial score (nSPS) is 11.1.